The lowest BCUT2D eigenvalue weighted by atomic mass is 9.87. The third-order valence-electron chi connectivity index (χ3n) is 4.76. The second kappa shape index (κ2) is 9.75. The number of nitrogens with zero attached hydrogens (tertiary/aromatic N) is 1. The zero-order valence-corrected chi connectivity index (χ0v) is 16.2. The van der Waals surface area contributed by atoms with E-state index in [4.69, 9.17) is 23.8 Å². The fourth-order valence-electron chi connectivity index (χ4n) is 3.52. The summed E-state index contributed by atoms with van der Waals surface area (Å²) in [6, 6.07) is 5.60. The highest BCUT2D eigenvalue weighted by Gasteiger charge is 2.40. The Labute approximate surface area is 155 Å². The Morgan fingerprint density at radius 3 is 2.46 bits per heavy atom. The highest BCUT2D eigenvalue weighted by molar-refractivity contribution is 5.79. The Hall–Kier alpha value is -1.83. The molecule has 2 rings (SSSR count). The summed E-state index contributed by atoms with van der Waals surface area (Å²) in [5.41, 5.74) is 0.947. The van der Waals surface area contributed by atoms with Gasteiger partial charge in [0.25, 0.3) is 0 Å². The van der Waals surface area contributed by atoms with Crippen molar-refractivity contribution in [1.29, 1.82) is 0 Å². The molecule has 1 saturated carbocycles. The maximum Gasteiger partial charge on any atom is 0.249 e. The van der Waals surface area contributed by atoms with Crippen molar-refractivity contribution in [2.24, 2.45) is 11.8 Å². The first-order chi connectivity index (χ1) is 12.5. The minimum Gasteiger partial charge on any atom is -0.468 e. The lowest BCUT2D eigenvalue weighted by Gasteiger charge is -2.25. The number of hydrogen-bond acceptors (Lipinski definition) is 6. The van der Waals surface area contributed by atoms with E-state index in [0.29, 0.717) is 17.4 Å². The standard InChI is InChI=1S/C19H29NO6/c1-13-8-15(17(9-13)19(21)20(2)24-5)16-10-14(25-11-22-3)6-7-18(16)26-12-23-4/h6-7,10,13,15,17H,8-9,11-12H2,1-5H3. The van der Waals surface area contributed by atoms with Crippen molar-refractivity contribution < 1.29 is 28.6 Å². The van der Waals surface area contributed by atoms with Crippen LogP contribution in [0, 0.1) is 11.8 Å². The van der Waals surface area contributed by atoms with Crippen LogP contribution in [0.25, 0.3) is 0 Å². The van der Waals surface area contributed by atoms with Crippen molar-refractivity contribution in [2.75, 3.05) is 42.0 Å². The molecule has 0 bridgehead atoms. The quantitative estimate of drug-likeness (QED) is 0.494. The molecule has 1 aliphatic carbocycles. The van der Waals surface area contributed by atoms with Crippen molar-refractivity contribution in [2.45, 2.75) is 25.7 Å². The van der Waals surface area contributed by atoms with Gasteiger partial charge in [-0.15, -0.1) is 0 Å². The summed E-state index contributed by atoms with van der Waals surface area (Å²) in [4.78, 5) is 17.9. The van der Waals surface area contributed by atoms with Gasteiger partial charge in [-0.25, -0.2) is 5.06 Å². The second-order valence-electron chi connectivity index (χ2n) is 6.61. The monoisotopic (exact) mass is 367 g/mol. The van der Waals surface area contributed by atoms with Gasteiger partial charge in [0.1, 0.15) is 11.5 Å². The first kappa shape index (κ1) is 20.5. The molecule has 3 unspecified atom stereocenters. The maximum absolute atomic E-state index is 12.8. The van der Waals surface area contributed by atoms with Crippen LogP contribution in [0.3, 0.4) is 0 Å². The van der Waals surface area contributed by atoms with Gasteiger partial charge in [-0.2, -0.15) is 0 Å². The van der Waals surface area contributed by atoms with Crippen molar-refractivity contribution >= 4 is 5.91 Å². The third-order valence-corrected chi connectivity index (χ3v) is 4.76. The van der Waals surface area contributed by atoms with Gasteiger partial charge in [-0.05, 0) is 42.9 Å². The van der Waals surface area contributed by atoms with E-state index in [0.717, 1.165) is 18.4 Å². The van der Waals surface area contributed by atoms with Gasteiger partial charge < -0.3 is 18.9 Å². The lowest BCUT2D eigenvalue weighted by molar-refractivity contribution is -0.173. The number of carbonyl (C=O) groups is 1. The molecule has 0 aromatic heterocycles. The van der Waals surface area contributed by atoms with Crippen LogP contribution in [0.2, 0.25) is 0 Å². The van der Waals surface area contributed by atoms with E-state index in [9.17, 15) is 4.79 Å². The van der Waals surface area contributed by atoms with E-state index in [1.807, 2.05) is 18.2 Å². The summed E-state index contributed by atoms with van der Waals surface area (Å²) >= 11 is 0. The number of ether oxygens (including phenoxy) is 4. The number of rotatable bonds is 9. The molecule has 1 amide bonds. The smallest absolute Gasteiger partial charge is 0.249 e. The van der Waals surface area contributed by atoms with Gasteiger partial charge in [-0.3, -0.25) is 9.63 Å². The molecule has 0 radical (unpaired) electrons. The van der Waals surface area contributed by atoms with Crippen molar-refractivity contribution in [3.05, 3.63) is 23.8 Å². The summed E-state index contributed by atoms with van der Waals surface area (Å²) in [6.07, 6.45) is 1.70. The molecule has 3 atom stereocenters. The number of benzene rings is 1. The van der Waals surface area contributed by atoms with Crippen LogP contribution < -0.4 is 9.47 Å². The predicted molar refractivity (Wildman–Crippen MR) is 95.9 cm³/mol. The highest BCUT2D eigenvalue weighted by atomic mass is 16.7. The number of methoxy groups -OCH3 is 2. The highest BCUT2D eigenvalue weighted by Crippen LogP contribution is 2.47. The predicted octanol–water partition coefficient (Wildman–Crippen LogP) is 2.80. The Balaban J connectivity index is 2.35. The number of hydroxylamine groups is 2. The molecule has 0 saturated heterocycles. The average molecular weight is 367 g/mol. The van der Waals surface area contributed by atoms with Crippen LogP contribution in [-0.2, 0) is 19.1 Å². The Morgan fingerprint density at radius 2 is 1.81 bits per heavy atom. The summed E-state index contributed by atoms with van der Waals surface area (Å²) in [7, 11) is 6.29. The van der Waals surface area contributed by atoms with Gasteiger partial charge in [0.2, 0.25) is 5.91 Å². The van der Waals surface area contributed by atoms with E-state index in [-0.39, 0.29) is 31.3 Å². The van der Waals surface area contributed by atoms with E-state index >= 15 is 0 Å². The van der Waals surface area contributed by atoms with E-state index in [2.05, 4.69) is 6.92 Å². The van der Waals surface area contributed by atoms with Gasteiger partial charge >= 0.3 is 0 Å². The van der Waals surface area contributed by atoms with Gasteiger partial charge in [-0.1, -0.05) is 6.92 Å². The fourth-order valence-corrected chi connectivity index (χ4v) is 3.52. The Morgan fingerprint density at radius 1 is 1.12 bits per heavy atom. The van der Waals surface area contributed by atoms with Crippen molar-refractivity contribution in [1.82, 2.24) is 5.06 Å². The van der Waals surface area contributed by atoms with Gasteiger partial charge in [0.15, 0.2) is 13.6 Å². The molecule has 1 aromatic carbocycles. The molecular formula is C19H29NO6. The zero-order chi connectivity index (χ0) is 19.1. The molecule has 0 heterocycles. The van der Waals surface area contributed by atoms with E-state index < -0.39 is 0 Å². The van der Waals surface area contributed by atoms with Crippen LogP contribution in [0.5, 0.6) is 11.5 Å². The number of hydrogen-bond donors (Lipinski definition) is 0. The number of amides is 1. The fraction of sp³-hybridized carbons (Fsp3) is 0.632. The molecule has 0 aliphatic heterocycles. The molecule has 0 N–H and O–H groups in total. The number of carbonyl (C=O) groups excluding carboxylic acids is 1. The summed E-state index contributed by atoms with van der Waals surface area (Å²) in [5.74, 6) is 1.64. The van der Waals surface area contributed by atoms with Crippen molar-refractivity contribution in [3.63, 3.8) is 0 Å². The first-order valence-corrected chi connectivity index (χ1v) is 8.70. The second-order valence-corrected chi connectivity index (χ2v) is 6.61. The van der Waals surface area contributed by atoms with Crippen LogP contribution >= 0.6 is 0 Å². The minimum atomic E-state index is -0.169. The molecule has 1 aromatic rings. The minimum absolute atomic E-state index is 0.0213. The van der Waals surface area contributed by atoms with Crippen LogP contribution in [-0.4, -0.2) is 52.9 Å². The molecule has 0 spiro atoms. The first-order valence-electron chi connectivity index (χ1n) is 8.70. The molecule has 7 nitrogen and oxygen atoms in total. The Bertz CT molecular complexity index is 593. The molecule has 146 valence electrons. The maximum atomic E-state index is 12.8. The van der Waals surface area contributed by atoms with Gasteiger partial charge in [0, 0.05) is 32.7 Å². The molecular weight excluding hydrogens is 338 g/mol. The van der Waals surface area contributed by atoms with Crippen LogP contribution in [0.4, 0.5) is 0 Å². The summed E-state index contributed by atoms with van der Waals surface area (Å²) < 4.78 is 21.3. The third kappa shape index (κ3) is 4.87. The summed E-state index contributed by atoms with van der Waals surface area (Å²) in [6.45, 7) is 2.46. The van der Waals surface area contributed by atoms with Crippen LogP contribution in [0.15, 0.2) is 18.2 Å². The van der Waals surface area contributed by atoms with E-state index in [1.165, 1.54) is 12.2 Å². The van der Waals surface area contributed by atoms with Gasteiger partial charge in [0.05, 0.1) is 7.11 Å². The largest absolute Gasteiger partial charge is 0.468 e. The van der Waals surface area contributed by atoms with E-state index in [1.54, 1.807) is 21.3 Å². The average Bonchev–Trinajstić information content (AvgIpc) is 3.05. The van der Waals surface area contributed by atoms with Crippen molar-refractivity contribution in [3.8, 4) is 11.5 Å². The lowest BCUT2D eigenvalue weighted by Crippen LogP contribution is -2.33. The zero-order valence-electron chi connectivity index (χ0n) is 16.2. The molecule has 7 heteroatoms. The SMILES string of the molecule is COCOc1ccc(OCOC)c(C2CC(C)CC2C(=O)N(C)OC)c1. The topological polar surface area (TPSA) is 66.5 Å². The van der Waals surface area contributed by atoms with Crippen LogP contribution in [0.1, 0.15) is 31.2 Å². The summed E-state index contributed by atoms with van der Waals surface area (Å²) in [5, 5.41) is 1.30. The molecule has 1 fully saturated rings. The Kier molecular flexibility index (Phi) is 7.68. The molecule has 1 aliphatic rings. The molecule has 26 heavy (non-hydrogen) atoms. The normalized spacial score (nSPS) is 22.3.